The van der Waals surface area contributed by atoms with Gasteiger partial charge in [0.15, 0.2) is 11.5 Å². The summed E-state index contributed by atoms with van der Waals surface area (Å²) in [5.74, 6) is 2.25. The quantitative estimate of drug-likeness (QED) is 0.802. The van der Waals surface area contributed by atoms with Crippen molar-refractivity contribution in [3.63, 3.8) is 0 Å². The van der Waals surface area contributed by atoms with Crippen molar-refractivity contribution in [1.82, 2.24) is 4.98 Å². The third-order valence-corrected chi connectivity index (χ3v) is 5.68. The Morgan fingerprint density at radius 2 is 1.85 bits per heavy atom. The van der Waals surface area contributed by atoms with Crippen LogP contribution in [0.15, 0.2) is 42.6 Å². The number of pyridine rings is 1. The summed E-state index contributed by atoms with van der Waals surface area (Å²) in [6.45, 7) is 4.19. The van der Waals surface area contributed by atoms with E-state index in [0.717, 1.165) is 42.8 Å². The number of anilines is 1. The molecule has 0 bridgehead atoms. The highest BCUT2D eigenvalue weighted by Crippen LogP contribution is 2.38. The van der Waals surface area contributed by atoms with Gasteiger partial charge in [0.25, 0.3) is 0 Å². The maximum absolute atomic E-state index is 13.8. The Morgan fingerprint density at radius 1 is 1.07 bits per heavy atom. The smallest absolute Gasteiger partial charge is 0.238 e. The SMILES string of the molecule is CC(C)(C(=O)N(c1ccccn1)C1CCCCC1)c1ccc2c(c1)OCO2. The Bertz CT molecular complexity index is 814. The average Bonchev–Trinajstić information content (AvgIpc) is 3.17. The van der Waals surface area contributed by atoms with Crippen molar-refractivity contribution in [1.29, 1.82) is 0 Å². The van der Waals surface area contributed by atoms with Crippen molar-refractivity contribution in [3.8, 4) is 11.5 Å². The van der Waals surface area contributed by atoms with E-state index in [4.69, 9.17) is 9.47 Å². The van der Waals surface area contributed by atoms with Crippen molar-refractivity contribution >= 4 is 11.7 Å². The summed E-state index contributed by atoms with van der Waals surface area (Å²) in [5.41, 5.74) is 0.226. The molecule has 2 aliphatic rings. The van der Waals surface area contributed by atoms with Gasteiger partial charge in [0.05, 0.1) is 5.41 Å². The molecular formula is C22H26N2O3. The Balaban J connectivity index is 1.69. The first kappa shape index (κ1) is 17.8. The number of amides is 1. The molecule has 27 heavy (non-hydrogen) atoms. The molecule has 1 amide bonds. The second kappa shape index (κ2) is 7.22. The van der Waals surface area contributed by atoms with Crippen LogP contribution in [0.1, 0.15) is 51.5 Å². The highest BCUT2D eigenvalue weighted by molar-refractivity contribution is 6.00. The maximum Gasteiger partial charge on any atom is 0.238 e. The lowest BCUT2D eigenvalue weighted by molar-refractivity contribution is -0.123. The lowest BCUT2D eigenvalue weighted by Crippen LogP contribution is -2.50. The van der Waals surface area contributed by atoms with Crippen molar-refractivity contribution in [2.75, 3.05) is 11.7 Å². The van der Waals surface area contributed by atoms with Gasteiger partial charge in [-0.15, -0.1) is 0 Å². The fourth-order valence-corrected chi connectivity index (χ4v) is 4.00. The van der Waals surface area contributed by atoms with Crippen LogP contribution in [0, 0.1) is 0 Å². The van der Waals surface area contributed by atoms with Crippen LogP contribution in [0.4, 0.5) is 5.82 Å². The van der Waals surface area contributed by atoms with E-state index in [-0.39, 0.29) is 18.7 Å². The van der Waals surface area contributed by atoms with Gasteiger partial charge >= 0.3 is 0 Å². The van der Waals surface area contributed by atoms with E-state index >= 15 is 0 Å². The van der Waals surface area contributed by atoms with Gasteiger partial charge in [-0.3, -0.25) is 9.69 Å². The van der Waals surface area contributed by atoms with Crippen molar-refractivity contribution in [2.24, 2.45) is 0 Å². The van der Waals surface area contributed by atoms with Crippen LogP contribution < -0.4 is 14.4 Å². The van der Waals surface area contributed by atoms with Gasteiger partial charge in [0.2, 0.25) is 12.7 Å². The first-order valence-corrected chi connectivity index (χ1v) is 9.72. The molecule has 0 atom stereocenters. The number of benzene rings is 1. The third kappa shape index (κ3) is 3.38. The number of nitrogens with zero attached hydrogens (tertiary/aromatic N) is 2. The third-order valence-electron chi connectivity index (χ3n) is 5.68. The number of rotatable bonds is 4. The molecule has 1 aromatic carbocycles. The molecule has 2 heterocycles. The van der Waals surface area contributed by atoms with Crippen LogP contribution >= 0.6 is 0 Å². The number of carbonyl (C=O) groups excluding carboxylic acids is 1. The number of aromatic nitrogens is 1. The summed E-state index contributed by atoms with van der Waals surface area (Å²) < 4.78 is 10.9. The summed E-state index contributed by atoms with van der Waals surface area (Å²) in [4.78, 5) is 20.2. The molecule has 2 aromatic rings. The van der Waals surface area contributed by atoms with Gasteiger partial charge in [-0.2, -0.15) is 0 Å². The molecule has 142 valence electrons. The van der Waals surface area contributed by atoms with Gasteiger partial charge in [-0.25, -0.2) is 4.98 Å². The number of fused-ring (bicyclic) bond motifs is 1. The lowest BCUT2D eigenvalue weighted by Gasteiger charge is -2.38. The Kier molecular flexibility index (Phi) is 4.77. The summed E-state index contributed by atoms with van der Waals surface area (Å²) in [5, 5.41) is 0. The second-order valence-corrected chi connectivity index (χ2v) is 7.85. The van der Waals surface area contributed by atoms with Gasteiger partial charge < -0.3 is 9.47 Å². The van der Waals surface area contributed by atoms with E-state index < -0.39 is 5.41 Å². The molecule has 5 heteroatoms. The molecule has 1 saturated carbocycles. The van der Waals surface area contributed by atoms with E-state index in [1.165, 1.54) is 6.42 Å². The predicted octanol–water partition coefficient (Wildman–Crippen LogP) is 4.45. The number of carbonyl (C=O) groups is 1. The van der Waals surface area contributed by atoms with Crippen molar-refractivity contribution in [2.45, 2.75) is 57.4 Å². The topological polar surface area (TPSA) is 51.7 Å². The zero-order valence-corrected chi connectivity index (χ0v) is 16.0. The standard InChI is InChI=1S/C22H26N2O3/c1-22(2,16-11-12-18-19(14-16)27-15-26-18)21(25)24(17-8-4-3-5-9-17)20-10-6-7-13-23-20/h6-7,10-14,17H,3-5,8-9,15H2,1-2H3. The van der Waals surface area contributed by atoms with Crippen LogP contribution in [0.5, 0.6) is 11.5 Å². The summed E-state index contributed by atoms with van der Waals surface area (Å²) in [6, 6.07) is 11.7. The fraction of sp³-hybridized carbons (Fsp3) is 0.455. The number of ether oxygens (including phenoxy) is 2. The Labute approximate surface area is 160 Å². The summed E-state index contributed by atoms with van der Waals surface area (Å²) in [7, 11) is 0. The van der Waals surface area contributed by atoms with Crippen LogP contribution in [0.3, 0.4) is 0 Å². The molecule has 1 aliphatic heterocycles. The molecule has 0 radical (unpaired) electrons. The van der Waals surface area contributed by atoms with Crippen LogP contribution in [0.2, 0.25) is 0 Å². The molecule has 0 spiro atoms. The largest absolute Gasteiger partial charge is 0.454 e. The zero-order chi connectivity index (χ0) is 18.9. The Hall–Kier alpha value is -2.56. The van der Waals surface area contributed by atoms with E-state index in [1.54, 1.807) is 6.20 Å². The molecular weight excluding hydrogens is 340 g/mol. The van der Waals surface area contributed by atoms with Crippen LogP contribution in [0.25, 0.3) is 0 Å². The highest BCUT2D eigenvalue weighted by atomic mass is 16.7. The molecule has 4 rings (SSSR count). The van der Waals surface area contributed by atoms with Crippen LogP contribution in [-0.4, -0.2) is 23.7 Å². The van der Waals surface area contributed by atoms with Crippen molar-refractivity contribution < 1.29 is 14.3 Å². The van der Waals surface area contributed by atoms with E-state index in [2.05, 4.69) is 4.98 Å². The molecule has 1 aromatic heterocycles. The molecule has 1 aliphatic carbocycles. The maximum atomic E-state index is 13.8. The average molecular weight is 366 g/mol. The Morgan fingerprint density at radius 3 is 2.59 bits per heavy atom. The number of hydrogen-bond acceptors (Lipinski definition) is 4. The van der Waals surface area contributed by atoms with Gasteiger partial charge in [-0.1, -0.05) is 31.4 Å². The van der Waals surface area contributed by atoms with Gasteiger partial charge in [0.1, 0.15) is 5.82 Å². The van der Waals surface area contributed by atoms with Crippen LogP contribution in [-0.2, 0) is 10.2 Å². The summed E-state index contributed by atoms with van der Waals surface area (Å²) in [6.07, 6.45) is 7.37. The van der Waals surface area contributed by atoms with E-state index in [0.29, 0.717) is 5.75 Å². The molecule has 0 unspecified atom stereocenters. The molecule has 1 fully saturated rings. The minimum absolute atomic E-state index is 0.0759. The molecule has 0 saturated heterocycles. The zero-order valence-electron chi connectivity index (χ0n) is 16.0. The monoisotopic (exact) mass is 366 g/mol. The van der Waals surface area contributed by atoms with Gasteiger partial charge in [0, 0.05) is 12.2 Å². The van der Waals surface area contributed by atoms with E-state index in [9.17, 15) is 4.79 Å². The number of hydrogen-bond donors (Lipinski definition) is 0. The fourth-order valence-electron chi connectivity index (χ4n) is 4.00. The molecule has 0 N–H and O–H groups in total. The normalized spacial score (nSPS) is 17.0. The minimum Gasteiger partial charge on any atom is -0.454 e. The highest BCUT2D eigenvalue weighted by Gasteiger charge is 2.39. The van der Waals surface area contributed by atoms with Gasteiger partial charge in [-0.05, 0) is 56.5 Å². The molecule has 5 nitrogen and oxygen atoms in total. The minimum atomic E-state index is -0.698. The predicted molar refractivity (Wildman–Crippen MR) is 104 cm³/mol. The summed E-state index contributed by atoms with van der Waals surface area (Å²) >= 11 is 0. The lowest BCUT2D eigenvalue weighted by atomic mass is 9.81. The second-order valence-electron chi connectivity index (χ2n) is 7.85. The van der Waals surface area contributed by atoms with E-state index in [1.807, 2.05) is 55.1 Å². The first-order valence-electron chi connectivity index (χ1n) is 9.72. The first-order chi connectivity index (χ1) is 13.1. The van der Waals surface area contributed by atoms with Crippen molar-refractivity contribution in [3.05, 3.63) is 48.2 Å².